The van der Waals surface area contributed by atoms with Crippen LogP contribution < -0.4 is 5.32 Å². The van der Waals surface area contributed by atoms with Gasteiger partial charge in [-0.05, 0) is 14.1 Å². The first-order chi connectivity index (χ1) is 6.74. The van der Waals surface area contributed by atoms with Crippen LogP contribution in [0.2, 0.25) is 0 Å². The van der Waals surface area contributed by atoms with Gasteiger partial charge >= 0.3 is 0 Å². The van der Waals surface area contributed by atoms with Gasteiger partial charge in [0.05, 0.1) is 0 Å². The molecule has 1 rings (SSSR count). The minimum atomic E-state index is 0.133. The lowest BCUT2D eigenvalue weighted by Gasteiger charge is -2.31. The second-order valence-corrected chi connectivity index (χ2v) is 3.59. The van der Waals surface area contributed by atoms with Gasteiger partial charge in [0, 0.05) is 38.8 Å². The van der Waals surface area contributed by atoms with Gasteiger partial charge in [0.15, 0.2) is 0 Å². The van der Waals surface area contributed by atoms with Gasteiger partial charge in [-0.2, -0.15) is 0 Å². The van der Waals surface area contributed by atoms with E-state index in [0.29, 0.717) is 0 Å². The quantitative estimate of drug-likeness (QED) is 0.622. The molecule has 80 valence electrons. The molecule has 0 radical (unpaired) electrons. The molecule has 0 saturated carbocycles. The van der Waals surface area contributed by atoms with E-state index >= 15 is 0 Å². The van der Waals surface area contributed by atoms with Crippen molar-refractivity contribution in [2.75, 3.05) is 46.8 Å². The Morgan fingerprint density at radius 2 is 2.00 bits per heavy atom. The maximum Gasteiger partial charge on any atom is 0.246 e. The van der Waals surface area contributed by atoms with Crippen LogP contribution in [0.5, 0.6) is 0 Å². The zero-order valence-corrected chi connectivity index (χ0v) is 8.99. The number of rotatable bonds is 3. The summed E-state index contributed by atoms with van der Waals surface area (Å²) in [5.74, 6) is 0.133. The molecule has 0 aromatic rings. The molecule has 1 heterocycles. The minimum absolute atomic E-state index is 0.133. The molecule has 14 heavy (non-hydrogen) atoms. The van der Waals surface area contributed by atoms with Crippen molar-refractivity contribution in [1.29, 1.82) is 0 Å². The molecule has 0 aliphatic carbocycles. The number of carbonyl (C=O) groups excluding carboxylic acids is 1. The van der Waals surface area contributed by atoms with Gasteiger partial charge in [-0.25, -0.2) is 0 Å². The average molecular weight is 197 g/mol. The molecular formula is C10H19N3O. The third-order valence-corrected chi connectivity index (χ3v) is 2.40. The van der Waals surface area contributed by atoms with Crippen molar-refractivity contribution in [2.24, 2.45) is 0 Å². The van der Waals surface area contributed by atoms with Gasteiger partial charge in [-0.3, -0.25) is 4.79 Å². The lowest BCUT2D eigenvalue weighted by molar-refractivity contribution is -0.127. The van der Waals surface area contributed by atoms with E-state index in [-0.39, 0.29) is 5.91 Å². The second kappa shape index (κ2) is 5.78. The Morgan fingerprint density at radius 3 is 2.57 bits per heavy atom. The van der Waals surface area contributed by atoms with E-state index < -0.39 is 0 Å². The van der Waals surface area contributed by atoms with Crippen LogP contribution >= 0.6 is 0 Å². The van der Waals surface area contributed by atoms with Crippen molar-refractivity contribution >= 4 is 5.91 Å². The summed E-state index contributed by atoms with van der Waals surface area (Å²) in [4.78, 5) is 15.7. The third-order valence-electron chi connectivity index (χ3n) is 2.40. The summed E-state index contributed by atoms with van der Waals surface area (Å²) in [6.45, 7) is 4.40. The molecule has 0 aromatic carbocycles. The number of nitrogens with zero attached hydrogens (tertiary/aromatic N) is 2. The Bertz CT molecular complexity index is 207. The van der Waals surface area contributed by atoms with Gasteiger partial charge in [0.25, 0.3) is 0 Å². The zero-order chi connectivity index (χ0) is 10.4. The third kappa shape index (κ3) is 3.47. The van der Waals surface area contributed by atoms with Gasteiger partial charge in [0.2, 0.25) is 5.91 Å². The van der Waals surface area contributed by atoms with E-state index in [2.05, 4.69) is 17.3 Å². The van der Waals surface area contributed by atoms with E-state index in [1.54, 1.807) is 6.08 Å². The average Bonchev–Trinajstić information content (AvgIpc) is 2.19. The fourth-order valence-electron chi connectivity index (χ4n) is 1.41. The fourth-order valence-corrected chi connectivity index (χ4v) is 1.41. The van der Waals surface area contributed by atoms with Crippen molar-refractivity contribution in [1.82, 2.24) is 15.1 Å². The van der Waals surface area contributed by atoms with Crippen LogP contribution in [0.3, 0.4) is 0 Å². The highest BCUT2D eigenvalue weighted by molar-refractivity contribution is 5.87. The first kappa shape index (κ1) is 11.2. The molecule has 4 nitrogen and oxygen atoms in total. The standard InChI is InChI=1S/C10H19N3O/c1-11-5-3-4-10(14)13-8-6-12(2)7-9-13/h3-4,11H,5-9H2,1-2H3/b4-3+. The van der Waals surface area contributed by atoms with Crippen LogP contribution in [-0.4, -0.2) is 62.5 Å². The highest BCUT2D eigenvalue weighted by Gasteiger charge is 2.16. The van der Waals surface area contributed by atoms with E-state index in [1.165, 1.54) is 0 Å². The second-order valence-electron chi connectivity index (χ2n) is 3.59. The van der Waals surface area contributed by atoms with Gasteiger partial charge in [-0.1, -0.05) is 6.08 Å². The molecule has 1 saturated heterocycles. The Morgan fingerprint density at radius 1 is 1.36 bits per heavy atom. The van der Waals surface area contributed by atoms with Gasteiger partial charge in [0.1, 0.15) is 0 Å². The first-order valence-corrected chi connectivity index (χ1v) is 5.02. The summed E-state index contributed by atoms with van der Waals surface area (Å²) in [6.07, 6.45) is 3.52. The van der Waals surface area contributed by atoms with Crippen LogP contribution in [-0.2, 0) is 4.79 Å². The topological polar surface area (TPSA) is 35.6 Å². The molecule has 0 unspecified atom stereocenters. The van der Waals surface area contributed by atoms with Gasteiger partial charge < -0.3 is 15.1 Å². The number of piperazine rings is 1. The molecule has 1 aliphatic rings. The SMILES string of the molecule is CNC/C=C/C(=O)N1CCN(C)CC1. The van der Waals surface area contributed by atoms with E-state index in [0.717, 1.165) is 32.7 Å². The summed E-state index contributed by atoms with van der Waals surface area (Å²) in [7, 11) is 3.95. The fraction of sp³-hybridized carbons (Fsp3) is 0.700. The smallest absolute Gasteiger partial charge is 0.246 e. The van der Waals surface area contributed by atoms with Crippen LogP contribution in [0.4, 0.5) is 0 Å². The normalized spacial score (nSPS) is 19.1. The van der Waals surface area contributed by atoms with E-state index in [4.69, 9.17) is 0 Å². The molecule has 1 amide bonds. The number of hydrogen-bond acceptors (Lipinski definition) is 3. The van der Waals surface area contributed by atoms with Crippen LogP contribution in [0.15, 0.2) is 12.2 Å². The predicted octanol–water partition coefficient (Wildman–Crippen LogP) is -0.464. The Balaban J connectivity index is 2.30. The Kier molecular flexibility index (Phi) is 4.62. The molecule has 0 atom stereocenters. The summed E-state index contributed by atoms with van der Waals surface area (Å²) in [5.41, 5.74) is 0. The molecule has 1 N–H and O–H groups in total. The maximum atomic E-state index is 11.6. The van der Waals surface area contributed by atoms with E-state index in [9.17, 15) is 4.79 Å². The molecule has 0 spiro atoms. The number of amides is 1. The summed E-state index contributed by atoms with van der Waals surface area (Å²) in [6, 6.07) is 0. The zero-order valence-electron chi connectivity index (χ0n) is 8.99. The van der Waals surface area contributed by atoms with Crippen molar-refractivity contribution in [2.45, 2.75) is 0 Å². The van der Waals surface area contributed by atoms with Crippen molar-refractivity contribution in [3.05, 3.63) is 12.2 Å². The molecule has 0 bridgehead atoms. The molecule has 0 aromatic heterocycles. The molecular weight excluding hydrogens is 178 g/mol. The number of carbonyl (C=O) groups is 1. The van der Waals surface area contributed by atoms with Crippen molar-refractivity contribution < 1.29 is 4.79 Å². The first-order valence-electron chi connectivity index (χ1n) is 5.02. The summed E-state index contributed by atoms with van der Waals surface area (Å²) >= 11 is 0. The Labute approximate surface area is 85.6 Å². The highest BCUT2D eigenvalue weighted by Crippen LogP contribution is 1.99. The van der Waals surface area contributed by atoms with Gasteiger partial charge in [-0.15, -0.1) is 0 Å². The number of nitrogens with one attached hydrogen (secondary N) is 1. The monoisotopic (exact) mass is 197 g/mol. The van der Waals surface area contributed by atoms with E-state index in [1.807, 2.05) is 18.0 Å². The Hall–Kier alpha value is -0.870. The molecule has 1 fully saturated rings. The van der Waals surface area contributed by atoms with Crippen LogP contribution in [0, 0.1) is 0 Å². The van der Waals surface area contributed by atoms with Crippen LogP contribution in [0.25, 0.3) is 0 Å². The van der Waals surface area contributed by atoms with Crippen molar-refractivity contribution in [3.63, 3.8) is 0 Å². The summed E-state index contributed by atoms with van der Waals surface area (Å²) in [5, 5.41) is 2.97. The molecule has 1 aliphatic heterocycles. The maximum absolute atomic E-state index is 11.6. The van der Waals surface area contributed by atoms with Crippen molar-refractivity contribution in [3.8, 4) is 0 Å². The predicted molar refractivity (Wildman–Crippen MR) is 57.1 cm³/mol. The highest BCUT2D eigenvalue weighted by atomic mass is 16.2. The molecule has 4 heteroatoms. The van der Waals surface area contributed by atoms with Crippen LogP contribution in [0.1, 0.15) is 0 Å². The minimum Gasteiger partial charge on any atom is -0.337 e. The number of hydrogen-bond donors (Lipinski definition) is 1. The summed E-state index contributed by atoms with van der Waals surface area (Å²) < 4.78 is 0. The lowest BCUT2D eigenvalue weighted by atomic mass is 10.3. The number of likely N-dealkylation sites (N-methyl/N-ethyl adjacent to an activating group) is 2. The lowest BCUT2D eigenvalue weighted by Crippen LogP contribution is -2.46. The largest absolute Gasteiger partial charge is 0.337 e.